The predicted octanol–water partition coefficient (Wildman–Crippen LogP) is 6.70. The van der Waals surface area contributed by atoms with Gasteiger partial charge in [-0.05, 0) is 74.7 Å². The molecule has 3 heterocycles. The SMILES string of the molecule is CCCCOc1ccc(C(=O)N2CCCN(c3nc(C(C)CCC)nc4c3c(C)nn4-c3ccc(F)cc3)CC2)cc1. The van der Waals surface area contributed by atoms with E-state index >= 15 is 0 Å². The number of aromatic nitrogens is 4. The standard InChI is InChI=1S/C33H41FN6O2/c1-5-7-22-42-28-16-10-25(11-17-28)33(41)39-19-8-18-38(20-21-39)31-29-24(4)37-40(27-14-12-26(34)13-15-27)32(29)36-30(35-31)23(3)9-6-2/h10-17,23H,5-9,18-22H2,1-4H3. The van der Waals surface area contributed by atoms with E-state index in [0.717, 1.165) is 78.5 Å². The lowest BCUT2D eigenvalue weighted by Crippen LogP contribution is -2.35. The van der Waals surface area contributed by atoms with Crippen molar-refractivity contribution in [1.82, 2.24) is 24.6 Å². The molecule has 1 unspecified atom stereocenters. The van der Waals surface area contributed by atoms with Crippen molar-refractivity contribution in [2.45, 2.75) is 65.7 Å². The number of rotatable bonds is 10. The highest BCUT2D eigenvalue weighted by molar-refractivity contribution is 5.94. The van der Waals surface area contributed by atoms with Gasteiger partial charge in [-0.2, -0.15) is 5.10 Å². The van der Waals surface area contributed by atoms with Gasteiger partial charge >= 0.3 is 0 Å². The van der Waals surface area contributed by atoms with E-state index in [1.54, 1.807) is 16.8 Å². The maximum Gasteiger partial charge on any atom is 0.253 e. The van der Waals surface area contributed by atoms with Gasteiger partial charge in [-0.1, -0.05) is 33.6 Å². The number of carbonyl (C=O) groups is 1. The Morgan fingerprint density at radius 3 is 2.45 bits per heavy atom. The van der Waals surface area contributed by atoms with Crippen LogP contribution in [0.15, 0.2) is 48.5 Å². The molecular formula is C33H41FN6O2. The van der Waals surface area contributed by atoms with Crippen LogP contribution in [0.5, 0.6) is 5.75 Å². The number of hydrogen-bond donors (Lipinski definition) is 0. The fourth-order valence-corrected chi connectivity index (χ4v) is 5.49. The quantitative estimate of drug-likeness (QED) is 0.197. The number of halogens is 1. The first-order valence-corrected chi connectivity index (χ1v) is 15.2. The van der Waals surface area contributed by atoms with Gasteiger partial charge in [0.15, 0.2) is 5.65 Å². The number of benzene rings is 2. The van der Waals surface area contributed by atoms with Crippen molar-refractivity contribution in [2.75, 3.05) is 37.7 Å². The number of aryl methyl sites for hydroxylation is 1. The molecule has 1 saturated heterocycles. The van der Waals surface area contributed by atoms with Crippen LogP contribution in [0, 0.1) is 12.7 Å². The van der Waals surface area contributed by atoms with E-state index in [9.17, 15) is 9.18 Å². The van der Waals surface area contributed by atoms with Crippen molar-refractivity contribution in [2.24, 2.45) is 0 Å². The van der Waals surface area contributed by atoms with Crippen LogP contribution in [0.1, 0.15) is 80.7 Å². The number of nitrogens with zero attached hydrogens (tertiary/aromatic N) is 6. The number of anilines is 1. The van der Waals surface area contributed by atoms with Gasteiger partial charge in [0.05, 0.1) is 23.4 Å². The molecule has 2 aromatic carbocycles. The molecule has 0 N–H and O–H groups in total. The van der Waals surface area contributed by atoms with Crippen LogP contribution in [0.25, 0.3) is 16.7 Å². The third kappa shape index (κ3) is 6.40. The summed E-state index contributed by atoms with van der Waals surface area (Å²) in [4.78, 5) is 27.8. The van der Waals surface area contributed by atoms with E-state index < -0.39 is 0 Å². The van der Waals surface area contributed by atoms with E-state index in [2.05, 4.69) is 25.7 Å². The van der Waals surface area contributed by atoms with Gasteiger partial charge < -0.3 is 14.5 Å². The number of fused-ring (bicyclic) bond motifs is 1. The van der Waals surface area contributed by atoms with Gasteiger partial charge in [0, 0.05) is 37.7 Å². The minimum atomic E-state index is -0.292. The molecular weight excluding hydrogens is 531 g/mol. The molecule has 42 heavy (non-hydrogen) atoms. The summed E-state index contributed by atoms with van der Waals surface area (Å²) < 4.78 is 21.3. The second-order valence-corrected chi connectivity index (χ2v) is 11.1. The molecule has 1 atom stereocenters. The van der Waals surface area contributed by atoms with Crippen LogP contribution in [-0.2, 0) is 0 Å². The summed E-state index contributed by atoms with van der Waals surface area (Å²) in [5.74, 6) is 2.34. The van der Waals surface area contributed by atoms with Gasteiger partial charge in [-0.15, -0.1) is 0 Å². The third-order valence-corrected chi connectivity index (χ3v) is 7.88. The Morgan fingerprint density at radius 1 is 0.976 bits per heavy atom. The minimum Gasteiger partial charge on any atom is -0.494 e. The molecule has 0 bridgehead atoms. The van der Waals surface area contributed by atoms with Gasteiger partial charge in [-0.25, -0.2) is 19.0 Å². The van der Waals surface area contributed by atoms with Gasteiger partial charge in [-0.3, -0.25) is 4.79 Å². The van der Waals surface area contributed by atoms with Crippen molar-refractivity contribution in [3.05, 3.63) is 71.4 Å². The average Bonchev–Trinajstić information content (AvgIpc) is 3.16. The van der Waals surface area contributed by atoms with Crippen LogP contribution in [-0.4, -0.2) is 63.3 Å². The predicted molar refractivity (Wildman–Crippen MR) is 164 cm³/mol. The zero-order valence-corrected chi connectivity index (χ0v) is 25.1. The lowest BCUT2D eigenvalue weighted by Gasteiger charge is -2.24. The Balaban J connectivity index is 1.42. The smallest absolute Gasteiger partial charge is 0.253 e. The molecule has 8 nitrogen and oxygen atoms in total. The molecule has 4 aromatic rings. The zero-order valence-electron chi connectivity index (χ0n) is 25.1. The summed E-state index contributed by atoms with van der Waals surface area (Å²) in [7, 11) is 0. The monoisotopic (exact) mass is 572 g/mol. The van der Waals surface area contributed by atoms with Crippen molar-refractivity contribution in [3.63, 3.8) is 0 Å². The van der Waals surface area contributed by atoms with Crippen molar-refractivity contribution in [3.8, 4) is 11.4 Å². The largest absolute Gasteiger partial charge is 0.494 e. The highest BCUT2D eigenvalue weighted by Gasteiger charge is 2.26. The van der Waals surface area contributed by atoms with E-state index in [0.29, 0.717) is 31.8 Å². The third-order valence-electron chi connectivity index (χ3n) is 7.88. The maximum atomic E-state index is 13.7. The Labute approximate surface area is 247 Å². The molecule has 2 aromatic heterocycles. The molecule has 1 fully saturated rings. The first kappa shape index (κ1) is 29.5. The van der Waals surface area contributed by atoms with Crippen LogP contribution in [0.3, 0.4) is 0 Å². The molecule has 1 amide bonds. The molecule has 0 radical (unpaired) electrons. The summed E-state index contributed by atoms with van der Waals surface area (Å²) in [6.45, 7) is 11.8. The average molecular weight is 573 g/mol. The summed E-state index contributed by atoms with van der Waals surface area (Å²) in [6.07, 6.45) is 4.91. The zero-order chi connectivity index (χ0) is 29.6. The molecule has 222 valence electrons. The normalized spacial score (nSPS) is 14.7. The van der Waals surface area contributed by atoms with Crippen LogP contribution >= 0.6 is 0 Å². The Hall–Kier alpha value is -4.01. The molecule has 1 aliphatic rings. The first-order chi connectivity index (χ1) is 20.4. The van der Waals surface area contributed by atoms with E-state index in [4.69, 9.17) is 19.8 Å². The topological polar surface area (TPSA) is 76.4 Å². The molecule has 0 aliphatic carbocycles. The highest BCUT2D eigenvalue weighted by Crippen LogP contribution is 2.32. The van der Waals surface area contributed by atoms with Gasteiger partial charge in [0.2, 0.25) is 0 Å². The van der Waals surface area contributed by atoms with E-state index in [1.807, 2.05) is 36.1 Å². The Morgan fingerprint density at radius 2 is 1.74 bits per heavy atom. The fraction of sp³-hybridized carbons (Fsp3) is 0.455. The van der Waals surface area contributed by atoms with Crippen LogP contribution < -0.4 is 9.64 Å². The van der Waals surface area contributed by atoms with E-state index in [-0.39, 0.29) is 17.6 Å². The fourth-order valence-electron chi connectivity index (χ4n) is 5.49. The summed E-state index contributed by atoms with van der Waals surface area (Å²) >= 11 is 0. The van der Waals surface area contributed by atoms with Gasteiger partial charge in [0.25, 0.3) is 5.91 Å². The number of hydrogen-bond acceptors (Lipinski definition) is 6. The first-order valence-electron chi connectivity index (χ1n) is 15.2. The minimum absolute atomic E-state index is 0.0300. The number of ether oxygens (including phenoxy) is 1. The molecule has 0 saturated carbocycles. The number of amides is 1. The summed E-state index contributed by atoms with van der Waals surface area (Å²) in [5.41, 5.74) is 2.96. The summed E-state index contributed by atoms with van der Waals surface area (Å²) in [6, 6.07) is 13.8. The van der Waals surface area contributed by atoms with Crippen molar-refractivity contribution >= 4 is 22.8 Å². The number of carbonyl (C=O) groups excluding carboxylic acids is 1. The maximum absolute atomic E-state index is 13.7. The van der Waals surface area contributed by atoms with E-state index in [1.165, 1.54) is 12.1 Å². The highest BCUT2D eigenvalue weighted by atomic mass is 19.1. The molecule has 5 rings (SSSR count). The lowest BCUT2D eigenvalue weighted by atomic mass is 10.1. The second-order valence-electron chi connectivity index (χ2n) is 11.1. The van der Waals surface area contributed by atoms with Crippen LogP contribution in [0.4, 0.5) is 10.2 Å². The summed E-state index contributed by atoms with van der Waals surface area (Å²) in [5, 5.41) is 5.71. The lowest BCUT2D eigenvalue weighted by molar-refractivity contribution is 0.0767. The van der Waals surface area contributed by atoms with Crippen molar-refractivity contribution in [1.29, 1.82) is 0 Å². The number of unbranched alkanes of at least 4 members (excludes halogenated alkanes) is 1. The van der Waals surface area contributed by atoms with Gasteiger partial charge in [0.1, 0.15) is 23.2 Å². The van der Waals surface area contributed by atoms with Crippen molar-refractivity contribution < 1.29 is 13.9 Å². The molecule has 1 aliphatic heterocycles. The Bertz CT molecular complexity index is 1500. The Kier molecular flexibility index (Phi) is 9.35. The molecule has 0 spiro atoms. The second kappa shape index (κ2) is 13.3. The molecule has 9 heteroatoms. The van der Waals surface area contributed by atoms with Crippen LogP contribution in [0.2, 0.25) is 0 Å².